The molecule has 0 atom stereocenters. The molecule has 0 aromatic heterocycles. The maximum atomic E-state index is 12.0. The molecule has 0 spiro atoms. The number of amides is 1. The van der Waals surface area contributed by atoms with Gasteiger partial charge in [0.25, 0.3) is 0 Å². The number of thioether (sulfide) groups is 1. The van der Waals surface area contributed by atoms with E-state index in [1.54, 1.807) is 12.1 Å². The van der Waals surface area contributed by atoms with Crippen molar-refractivity contribution in [2.75, 3.05) is 17.6 Å². The van der Waals surface area contributed by atoms with Crippen molar-refractivity contribution in [1.29, 1.82) is 0 Å². The van der Waals surface area contributed by atoms with Crippen molar-refractivity contribution in [2.45, 2.75) is 29.6 Å². The second-order valence-electron chi connectivity index (χ2n) is 4.25. The molecule has 0 aliphatic carbocycles. The first-order valence-corrected chi connectivity index (χ1v) is 8.56. The molecule has 104 valence electrons. The number of nitrogens with one attached hydrogen (secondary N) is 2. The van der Waals surface area contributed by atoms with E-state index in [0.717, 1.165) is 17.7 Å². The number of sulfonamides is 1. The van der Waals surface area contributed by atoms with Gasteiger partial charge in [-0.15, -0.1) is 11.8 Å². The van der Waals surface area contributed by atoms with E-state index < -0.39 is 10.0 Å². The van der Waals surface area contributed by atoms with Crippen molar-refractivity contribution in [3.8, 4) is 0 Å². The third-order valence-corrected chi connectivity index (χ3v) is 5.25. The van der Waals surface area contributed by atoms with Crippen molar-refractivity contribution < 1.29 is 13.2 Å². The summed E-state index contributed by atoms with van der Waals surface area (Å²) in [6.45, 7) is 2.43. The van der Waals surface area contributed by atoms with E-state index in [2.05, 4.69) is 10.0 Å². The van der Waals surface area contributed by atoms with Crippen molar-refractivity contribution in [1.82, 2.24) is 4.72 Å². The lowest BCUT2D eigenvalue weighted by molar-refractivity contribution is -0.113. The van der Waals surface area contributed by atoms with Crippen LogP contribution in [0.25, 0.3) is 0 Å². The molecule has 1 aliphatic heterocycles. The molecule has 1 aromatic carbocycles. The summed E-state index contributed by atoms with van der Waals surface area (Å²) in [6.07, 6.45) is 1.73. The van der Waals surface area contributed by atoms with Crippen molar-refractivity contribution >= 4 is 33.4 Å². The molecule has 0 radical (unpaired) electrons. The summed E-state index contributed by atoms with van der Waals surface area (Å²) >= 11 is 1.41. The third kappa shape index (κ3) is 3.49. The maximum Gasteiger partial charge on any atom is 0.240 e. The summed E-state index contributed by atoms with van der Waals surface area (Å²) in [5, 5.41) is 2.69. The van der Waals surface area contributed by atoms with Gasteiger partial charge in [0.15, 0.2) is 0 Å². The van der Waals surface area contributed by atoms with E-state index in [0.29, 0.717) is 18.0 Å². The molecule has 0 unspecified atom stereocenters. The first-order chi connectivity index (χ1) is 9.03. The van der Waals surface area contributed by atoms with E-state index in [1.165, 1.54) is 17.8 Å². The molecule has 1 heterocycles. The van der Waals surface area contributed by atoms with Crippen LogP contribution in [0.3, 0.4) is 0 Å². The monoisotopic (exact) mass is 300 g/mol. The Labute approximate surface area is 117 Å². The molecule has 1 aliphatic rings. The summed E-state index contributed by atoms with van der Waals surface area (Å²) < 4.78 is 26.6. The average molecular weight is 300 g/mol. The van der Waals surface area contributed by atoms with Crippen molar-refractivity contribution in [2.24, 2.45) is 0 Å². The van der Waals surface area contributed by atoms with E-state index in [9.17, 15) is 13.2 Å². The van der Waals surface area contributed by atoms with Crippen LogP contribution in [0.2, 0.25) is 0 Å². The van der Waals surface area contributed by atoms with Crippen LogP contribution in [-0.4, -0.2) is 26.6 Å². The van der Waals surface area contributed by atoms with Crippen LogP contribution in [0.1, 0.15) is 19.8 Å². The molecule has 0 saturated heterocycles. The zero-order valence-corrected chi connectivity index (χ0v) is 12.2. The molecule has 5 nitrogen and oxygen atoms in total. The van der Waals surface area contributed by atoms with Gasteiger partial charge in [-0.25, -0.2) is 13.1 Å². The molecule has 1 aromatic rings. The Morgan fingerprint density at radius 1 is 1.42 bits per heavy atom. The summed E-state index contributed by atoms with van der Waals surface area (Å²) in [5.74, 6) is 0.263. The Bertz CT molecular complexity index is 585. The molecular weight excluding hydrogens is 284 g/mol. The quantitative estimate of drug-likeness (QED) is 0.813. The van der Waals surface area contributed by atoms with Crippen LogP contribution in [0, 0.1) is 0 Å². The third-order valence-electron chi connectivity index (χ3n) is 2.72. The molecule has 7 heteroatoms. The van der Waals surface area contributed by atoms with E-state index in [1.807, 2.05) is 6.92 Å². The molecule has 2 rings (SSSR count). The zero-order valence-electron chi connectivity index (χ0n) is 10.6. The SMILES string of the molecule is CCCCNS(=O)(=O)c1ccc2c(c1)NC(=O)CS2. The van der Waals surface area contributed by atoms with Gasteiger partial charge in [-0.05, 0) is 24.6 Å². The fourth-order valence-electron chi connectivity index (χ4n) is 1.70. The van der Waals surface area contributed by atoms with Gasteiger partial charge in [-0.2, -0.15) is 0 Å². The smallest absolute Gasteiger partial charge is 0.240 e. The number of unbranched alkanes of at least 4 members (excludes halogenated alkanes) is 1. The Balaban J connectivity index is 2.21. The Morgan fingerprint density at radius 3 is 2.95 bits per heavy atom. The Hall–Kier alpha value is -1.05. The van der Waals surface area contributed by atoms with Gasteiger partial charge < -0.3 is 5.32 Å². The van der Waals surface area contributed by atoms with Crippen LogP contribution in [-0.2, 0) is 14.8 Å². The number of hydrogen-bond donors (Lipinski definition) is 2. The average Bonchev–Trinajstić information content (AvgIpc) is 2.38. The van der Waals surface area contributed by atoms with Gasteiger partial charge in [0.05, 0.1) is 16.3 Å². The Morgan fingerprint density at radius 2 is 2.21 bits per heavy atom. The fraction of sp³-hybridized carbons (Fsp3) is 0.417. The van der Waals surface area contributed by atoms with Crippen molar-refractivity contribution in [3.05, 3.63) is 18.2 Å². The molecular formula is C12H16N2O3S2. The summed E-state index contributed by atoms with van der Waals surface area (Å²) in [7, 11) is -3.49. The first-order valence-electron chi connectivity index (χ1n) is 6.09. The number of rotatable bonds is 5. The summed E-state index contributed by atoms with van der Waals surface area (Å²) in [5.41, 5.74) is 0.569. The predicted octanol–water partition coefficient (Wildman–Crippen LogP) is 1.81. The van der Waals surface area contributed by atoms with Crippen LogP contribution in [0.4, 0.5) is 5.69 Å². The van der Waals surface area contributed by atoms with E-state index in [4.69, 9.17) is 0 Å². The second kappa shape index (κ2) is 5.94. The highest BCUT2D eigenvalue weighted by atomic mass is 32.2. The van der Waals surface area contributed by atoms with Crippen LogP contribution in [0.5, 0.6) is 0 Å². The predicted molar refractivity (Wildman–Crippen MR) is 75.9 cm³/mol. The zero-order chi connectivity index (χ0) is 13.9. The van der Waals surface area contributed by atoms with Gasteiger partial charge in [-0.1, -0.05) is 13.3 Å². The van der Waals surface area contributed by atoms with Crippen LogP contribution < -0.4 is 10.0 Å². The highest BCUT2D eigenvalue weighted by Gasteiger charge is 2.19. The highest BCUT2D eigenvalue weighted by Crippen LogP contribution is 2.32. The minimum absolute atomic E-state index is 0.106. The Kier molecular flexibility index (Phi) is 4.49. The lowest BCUT2D eigenvalue weighted by Crippen LogP contribution is -2.25. The highest BCUT2D eigenvalue weighted by molar-refractivity contribution is 8.00. The van der Waals surface area contributed by atoms with Crippen LogP contribution in [0.15, 0.2) is 28.0 Å². The molecule has 0 bridgehead atoms. The van der Waals surface area contributed by atoms with Gasteiger partial charge >= 0.3 is 0 Å². The van der Waals surface area contributed by atoms with E-state index in [-0.39, 0.29) is 10.8 Å². The molecule has 1 amide bonds. The minimum atomic E-state index is -3.49. The minimum Gasteiger partial charge on any atom is -0.324 e. The number of benzene rings is 1. The summed E-state index contributed by atoms with van der Waals surface area (Å²) in [6, 6.07) is 4.80. The largest absolute Gasteiger partial charge is 0.324 e. The lowest BCUT2D eigenvalue weighted by Gasteiger charge is -2.17. The number of fused-ring (bicyclic) bond motifs is 1. The van der Waals surface area contributed by atoms with Crippen molar-refractivity contribution in [3.63, 3.8) is 0 Å². The summed E-state index contributed by atoms with van der Waals surface area (Å²) in [4.78, 5) is 12.4. The normalized spacial score (nSPS) is 14.9. The number of anilines is 1. The molecule has 2 N–H and O–H groups in total. The standard InChI is InChI=1S/C12H16N2O3S2/c1-2-3-6-13-19(16,17)9-4-5-11-10(7-9)14-12(15)8-18-11/h4-5,7,13H,2-3,6,8H2,1H3,(H,14,15). The number of carbonyl (C=O) groups is 1. The van der Waals surface area contributed by atoms with Gasteiger partial charge in [0, 0.05) is 11.4 Å². The molecule has 19 heavy (non-hydrogen) atoms. The molecule has 0 saturated carbocycles. The topological polar surface area (TPSA) is 75.3 Å². The maximum absolute atomic E-state index is 12.0. The van der Waals surface area contributed by atoms with Gasteiger partial charge in [0.1, 0.15) is 0 Å². The number of hydrogen-bond acceptors (Lipinski definition) is 4. The van der Waals surface area contributed by atoms with Gasteiger partial charge in [-0.3, -0.25) is 4.79 Å². The fourth-order valence-corrected chi connectivity index (χ4v) is 3.58. The van der Waals surface area contributed by atoms with E-state index >= 15 is 0 Å². The number of carbonyl (C=O) groups excluding carboxylic acids is 1. The van der Waals surface area contributed by atoms with Gasteiger partial charge in [0.2, 0.25) is 15.9 Å². The lowest BCUT2D eigenvalue weighted by atomic mass is 10.3. The second-order valence-corrected chi connectivity index (χ2v) is 7.03. The van der Waals surface area contributed by atoms with Crippen LogP contribution >= 0.6 is 11.8 Å². The first kappa shape index (κ1) is 14.4. The molecule has 0 fully saturated rings.